The highest BCUT2D eigenvalue weighted by atomic mass is 15.0. The van der Waals surface area contributed by atoms with Crippen LogP contribution in [0.5, 0.6) is 0 Å². The highest BCUT2D eigenvalue weighted by Crippen LogP contribution is 2.44. The Hall–Kier alpha value is -7.95. The molecule has 0 saturated carbocycles. The van der Waals surface area contributed by atoms with Crippen molar-refractivity contribution in [3.8, 4) is 50.7 Å². The normalized spacial score (nSPS) is 11.7. The second kappa shape index (κ2) is 13.3. The minimum absolute atomic E-state index is 0.934. The number of hydrogen-bond acceptors (Lipinski definition) is 1. The van der Waals surface area contributed by atoms with E-state index < -0.39 is 0 Å². The zero-order valence-corrected chi connectivity index (χ0v) is 32.1. The molecule has 0 atom stereocenters. The van der Waals surface area contributed by atoms with Gasteiger partial charge in [0.1, 0.15) is 0 Å². The Balaban J connectivity index is 1.15. The highest BCUT2D eigenvalue weighted by Gasteiger charge is 2.23. The van der Waals surface area contributed by atoms with Gasteiger partial charge in [-0.05, 0) is 90.0 Å². The second-order valence-corrected chi connectivity index (χ2v) is 15.2. The van der Waals surface area contributed by atoms with Crippen molar-refractivity contribution in [1.82, 2.24) is 18.7 Å². The highest BCUT2D eigenvalue weighted by molar-refractivity contribution is 6.29. The first-order valence-corrected chi connectivity index (χ1v) is 20.1. The standard InChI is InChI=1S/C55H36N4/c1-5-16-37(17-6-1)40-35-48(38-18-7-2-8-19-38)56-49(36-40)39-20-15-25-43(34-39)59-51-27-14-13-26-44(51)45-28-31-52-53(55(45)59)47-29-30-50-46(32-33-57(50)41-21-9-3-10-22-41)54(47)58(52)42-23-11-4-12-24-42/h1-36H. The average molecular weight is 753 g/mol. The van der Waals surface area contributed by atoms with Gasteiger partial charge in [0.05, 0.1) is 39.0 Å². The van der Waals surface area contributed by atoms with Gasteiger partial charge in [-0.3, -0.25) is 0 Å². The van der Waals surface area contributed by atoms with E-state index in [1.54, 1.807) is 0 Å². The predicted octanol–water partition coefficient (Wildman–Crippen LogP) is 14.2. The van der Waals surface area contributed by atoms with E-state index in [0.29, 0.717) is 0 Å². The summed E-state index contributed by atoms with van der Waals surface area (Å²) in [5.41, 5.74) is 15.6. The van der Waals surface area contributed by atoms with Gasteiger partial charge in [0.2, 0.25) is 0 Å². The third-order valence-electron chi connectivity index (χ3n) is 11.8. The topological polar surface area (TPSA) is 27.7 Å². The summed E-state index contributed by atoms with van der Waals surface area (Å²) in [6.07, 6.45) is 2.20. The van der Waals surface area contributed by atoms with Gasteiger partial charge >= 0.3 is 0 Å². The molecule has 0 aliphatic rings. The Morgan fingerprint density at radius 3 is 1.64 bits per heavy atom. The maximum atomic E-state index is 5.31. The largest absolute Gasteiger partial charge is 0.316 e. The van der Waals surface area contributed by atoms with Crippen molar-refractivity contribution in [2.75, 3.05) is 0 Å². The molecule has 4 heteroatoms. The molecule has 12 aromatic rings. The lowest BCUT2D eigenvalue weighted by atomic mass is 10.00. The van der Waals surface area contributed by atoms with Gasteiger partial charge in [-0.2, -0.15) is 0 Å². The molecule has 0 unspecified atom stereocenters. The lowest BCUT2D eigenvalue weighted by Gasteiger charge is -2.13. The molecule has 0 aliphatic carbocycles. The first-order valence-electron chi connectivity index (χ1n) is 20.1. The zero-order chi connectivity index (χ0) is 38.9. The van der Waals surface area contributed by atoms with Crippen LogP contribution in [0.1, 0.15) is 0 Å². The van der Waals surface area contributed by atoms with Crippen LogP contribution in [-0.4, -0.2) is 18.7 Å². The van der Waals surface area contributed by atoms with Crippen LogP contribution in [0.15, 0.2) is 219 Å². The molecule has 0 N–H and O–H groups in total. The molecule has 8 aromatic carbocycles. The third-order valence-corrected chi connectivity index (χ3v) is 11.8. The fourth-order valence-corrected chi connectivity index (χ4v) is 9.23. The zero-order valence-electron chi connectivity index (χ0n) is 32.1. The number of para-hydroxylation sites is 3. The van der Waals surface area contributed by atoms with Crippen molar-refractivity contribution in [2.24, 2.45) is 0 Å². The van der Waals surface area contributed by atoms with E-state index in [1.807, 2.05) is 0 Å². The summed E-state index contributed by atoms with van der Waals surface area (Å²) in [6.45, 7) is 0. The van der Waals surface area contributed by atoms with Crippen molar-refractivity contribution in [1.29, 1.82) is 0 Å². The summed E-state index contributed by atoms with van der Waals surface area (Å²) in [6, 6.07) is 76.2. The van der Waals surface area contributed by atoms with E-state index >= 15 is 0 Å². The molecule has 0 bridgehead atoms. The number of hydrogen-bond donors (Lipinski definition) is 0. The molecule has 0 saturated heterocycles. The monoisotopic (exact) mass is 752 g/mol. The second-order valence-electron chi connectivity index (χ2n) is 15.2. The van der Waals surface area contributed by atoms with Gasteiger partial charge < -0.3 is 13.7 Å². The predicted molar refractivity (Wildman–Crippen MR) is 246 cm³/mol. The van der Waals surface area contributed by atoms with E-state index in [1.165, 1.54) is 54.5 Å². The first kappa shape index (κ1) is 33.2. The third kappa shape index (κ3) is 5.27. The van der Waals surface area contributed by atoms with Crippen molar-refractivity contribution < 1.29 is 0 Å². The van der Waals surface area contributed by atoms with Crippen LogP contribution >= 0.6 is 0 Å². The number of rotatable bonds is 6. The van der Waals surface area contributed by atoms with Crippen molar-refractivity contribution in [3.05, 3.63) is 219 Å². The quantitative estimate of drug-likeness (QED) is 0.166. The Kier molecular flexibility index (Phi) is 7.50. The minimum atomic E-state index is 0.934. The Morgan fingerprint density at radius 1 is 0.305 bits per heavy atom. The molecule has 0 fully saturated rings. The number of benzene rings is 8. The number of fused-ring (bicyclic) bond motifs is 9. The fraction of sp³-hybridized carbons (Fsp3) is 0. The molecular formula is C55H36N4. The van der Waals surface area contributed by atoms with Crippen LogP contribution in [0.4, 0.5) is 0 Å². The molecule has 0 aliphatic heterocycles. The maximum absolute atomic E-state index is 5.31. The number of nitrogens with zero attached hydrogens (tertiary/aromatic N) is 4. The molecular weight excluding hydrogens is 717 g/mol. The summed E-state index contributed by atoms with van der Waals surface area (Å²) in [7, 11) is 0. The van der Waals surface area contributed by atoms with Gasteiger partial charge in [0.25, 0.3) is 0 Å². The lowest BCUT2D eigenvalue weighted by Crippen LogP contribution is -1.97. The smallest absolute Gasteiger partial charge is 0.0716 e. The van der Waals surface area contributed by atoms with E-state index in [9.17, 15) is 0 Å². The van der Waals surface area contributed by atoms with Crippen LogP contribution in [0.3, 0.4) is 0 Å². The molecule has 4 nitrogen and oxygen atoms in total. The van der Waals surface area contributed by atoms with Crippen LogP contribution in [0.2, 0.25) is 0 Å². The Morgan fingerprint density at radius 2 is 0.881 bits per heavy atom. The Bertz CT molecular complexity index is 3460. The van der Waals surface area contributed by atoms with Crippen molar-refractivity contribution in [2.45, 2.75) is 0 Å². The molecule has 59 heavy (non-hydrogen) atoms. The molecule has 276 valence electrons. The molecule has 0 radical (unpaired) electrons. The first-order chi connectivity index (χ1) is 29.3. The number of aromatic nitrogens is 4. The summed E-state index contributed by atoms with van der Waals surface area (Å²) in [4.78, 5) is 5.31. The maximum Gasteiger partial charge on any atom is 0.0716 e. The van der Waals surface area contributed by atoms with Crippen molar-refractivity contribution in [3.63, 3.8) is 0 Å². The Labute approximate surface area is 341 Å². The van der Waals surface area contributed by atoms with Gasteiger partial charge in [-0.1, -0.05) is 133 Å². The summed E-state index contributed by atoms with van der Waals surface area (Å²) < 4.78 is 7.23. The SMILES string of the molecule is c1ccc(-c2cc(-c3ccccc3)nc(-c3cccc(-n4c5ccccc5c5ccc6c(c7ccc8c(ccn8-c8ccccc8)c7n6-c6ccccc6)c54)c3)c2)cc1. The van der Waals surface area contributed by atoms with Crippen LogP contribution in [0.25, 0.3) is 105 Å². The van der Waals surface area contributed by atoms with Crippen LogP contribution < -0.4 is 0 Å². The molecule has 12 rings (SSSR count). The number of pyridine rings is 1. The summed E-state index contributed by atoms with van der Waals surface area (Å²) >= 11 is 0. The van der Waals surface area contributed by atoms with Gasteiger partial charge in [-0.25, -0.2) is 4.98 Å². The van der Waals surface area contributed by atoms with E-state index in [2.05, 4.69) is 232 Å². The molecule has 4 aromatic heterocycles. The summed E-state index contributed by atoms with van der Waals surface area (Å²) in [5, 5.41) is 6.11. The lowest BCUT2D eigenvalue weighted by molar-refractivity contribution is 1.13. The fourth-order valence-electron chi connectivity index (χ4n) is 9.23. The summed E-state index contributed by atoms with van der Waals surface area (Å²) in [5.74, 6) is 0. The van der Waals surface area contributed by atoms with Gasteiger partial charge in [0, 0.05) is 61.3 Å². The van der Waals surface area contributed by atoms with E-state index in [-0.39, 0.29) is 0 Å². The molecule has 4 heterocycles. The van der Waals surface area contributed by atoms with Gasteiger partial charge in [0.15, 0.2) is 0 Å². The van der Waals surface area contributed by atoms with E-state index in [4.69, 9.17) is 4.98 Å². The van der Waals surface area contributed by atoms with E-state index in [0.717, 1.165) is 50.7 Å². The van der Waals surface area contributed by atoms with Crippen molar-refractivity contribution >= 4 is 54.5 Å². The van der Waals surface area contributed by atoms with Gasteiger partial charge in [-0.15, -0.1) is 0 Å². The molecule has 0 amide bonds. The van der Waals surface area contributed by atoms with Crippen LogP contribution in [0, 0.1) is 0 Å². The molecule has 0 spiro atoms. The minimum Gasteiger partial charge on any atom is -0.316 e. The van der Waals surface area contributed by atoms with Crippen LogP contribution in [-0.2, 0) is 0 Å². The average Bonchev–Trinajstić information content (AvgIpc) is 4.00.